The van der Waals surface area contributed by atoms with Crippen LogP contribution in [0.3, 0.4) is 0 Å². The summed E-state index contributed by atoms with van der Waals surface area (Å²) in [6, 6.07) is 0. The van der Waals surface area contributed by atoms with Gasteiger partial charge >= 0.3 is 5.97 Å². The maximum Gasteiger partial charge on any atom is 0.357 e. The first-order valence-electron chi connectivity index (χ1n) is 7.22. The Morgan fingerprint density at radius 1 is 1.43 bits per heavy atom. The van der Waals surface area contributed by atoms with Crippen molar-refractivity contribution in [3.63, 3.8) is 0 Å². The molecule has 2 rings (SSSR count). The van der Waals surface area contributed by atoms with E-state index in [1.165, 1.54) is 11.3 Å². The molecular weight excluding hydrogens is 292 g/mol. The molecule has 1 aromatic rings. The lowest BCUT2D eigenvalue weighted by atomic mass is 10.1. The zero-order chi connectivity index (χ0) is 15.1. The summed E-state index contributed by atoms with van der Waals surface area (Å²) < 4.78 is 15.7. The fourth-order valence-electron chi connectivity index (χ4n) is 2.22. The molecule has 0 aliphatic carbocycles. The van der Waals surface area contributed by atoms with Gasteiger partial charge in [-0.05, 0) is 19.8 Å². The van der Waals surface area contributed by atoms with E-state index in [0.29, 0.717) is 31.6 Å². The van der Waals surface area contributed by atoms with Gasteiger partial charge in [0.2, 0.25) is 0 Å². The number of piperidine rings is 1. The van der Waals surface area contributed by atoms with E-state index >= 15 is 0 Å². The van der Waals surface area contributed by atoms with Crippen LogP contribution in [0.4, 0.5) is 5.13 Å². The molecule has 1 aromatic heterocycles. The summed E-state index contributed by atoms with van der Waals surface area (Å²) in [6.07, 6.45) is 2.23. The molecule has 0 N–H and O–H groups in total. The van der Waals surface area contributed by atoms with E-state index in [2.05, 4.69) is 9.88 Å². The largest absolute Gasteiger partial charge is 0.461 e. The van der Waals surface area contributed by atoms with Crippen LogP contribution in [0.5, 0.6) is 0 Å². The number of thiazole rings is 1. The smallest absolute Gasteiger partial charge is 0.357 e. The van der Waals surface area contributed by atoms with Crippen LogP contribution in [-0.4, -0.2) is 57.1 Å². The summed E-state index contributed by atoms with van der Waals surface area (Å²) in [5.41, 5.74) is 0.398. The average Bonchev–Trinajstić information content (AvgIpc) is 2.98. The molecule has 0 bridgehead atoms. The van der Waals surface area contributed by atoms with Crippen LogP contribution in [-0.2, 0) is 14.2 Å². The van der Waals surface area contributed by atoms with Crippen molar-refractivity contribution in [1.29, 1.82) is 0 Å². The third kappa shape index (κ3) is 4.66. The Labute approximate surface area is 129 Å². The van der Waals surface area contributed by atoms with E-state index in [0.717, 1.165) is 31.1 Å². The van der Waals surface area contributed by atoms with E-state index in [9.17, 15) is 4.79 Å². The Kier molecular flexibility index (Phi) is 6.41. The van der Waals surface area contributed by atoms with E-state index < -0.39 is 0 Å². The molecule has 6 nitrogen and oxygen atoms in total. The molecule has 7 heteroatoms. The minimum Gasteiger partial charge on any atom is -0.461 e. The van der Waals surface area contributed by atoms with Crippen LogP contribution >= 0.6 is 11.3 Å². The molecule has 1 aliphatic heterocycles. The quantitative estimate of drug-likeness (QED) is 0.566. The average molecular weight is 314 g/mol. The molecule has 0 unspecified atom stereocenters. The Morgan fingerprint density at radius 2 is 2.19 bits per heavy atom. The molecule has 2 heterocycles. The minimum atomic E-state index is -0.349. The third-order valence-electron chi connectivity index (χ3n) is 3.33. The van der Waals surface area contributed by atoms with Gasteiger partial charge in [0, 0.05) is 25.6 Å². The highest BCUT2D eigenvalue weighted by Gasteiger charge is 2.22. The third-order valence-corrected chi connectivity index (χ3v) is 4.23. The van der Waals surface area contributed by atoms with Crippen LogP contribution in [0.1, 0.15) is 30.3 Å². The van der Waals surface area contributed by atoms with E-state index in [-0.39, 0.29) is 5.97 Å². The van der Waals surface area contributed by atoms with E-state index in [1.807, 2.05) is 0 Å². The molecule has 21 heavy (non-hydrogen) atoms. The van der Waals surface area contributed by atoms with Crippen LogP contribution in [0.2, 0.25) is 0 Å². The molecule has 0 spiro atoms. The van der Waals surface area contributed by atoms with Crippen molar-refractivity contribution < 1.29 is 19.0 Å². The monoisotopic (exact) mass is 314 g/mol. The number of methoxy groups -OCH3 is 1. The number of nitrogens with zero attached hydrogens (tertiary/aromatic N) is 2. The van der Waals surface area contributed by atoms with Crippen LogP contribution in [0.15, 0.2) is 5.38 Å². The van der Waals surface area contributed by atoms with E-state index in [1.54, 1.807) is 19.4 Å². The van der Waals surface area contributed by atoms with Crippen molar-refractivity contribution in [2.75, 3.05) is 44.9 Å². The van der Waals surface area contributed by atoms with Crippen molar-refractivity contribution in [2.45, 2.75) is 25.9 Å². The summed E-state index contributed by atoms with van der Waals surface area (Å²) in [7, 11) is 1.68. The molecule has 0 saturated carbocycles. The SMILES string of the molecule is CCOC(=O)c1csc(N2CCC(OCCOC)CC2)n1. The zero-order valence-electron chi connectivity index (χ0n) is 12.5. The second kappa shape index (κ2) is 8.31. The molecule has 0 atom stereocenters. The highest BCUT2D eigenvalue weighted by atomic mass is 32.1. The van der Waals surface area contributed by atoms with E-state index in [4.69, 9.17) is 14.2 Å². The van der Waals surface area contributed by atoms with Gasteiger partial charge in [-0.15, -0.1) is 11.3 Å². The molecule has 1 fully saturated rings. The van der Waals surface area contributed by atoms with Gasteiger partial charge in [-0.3, -0.25) is 0 Å². The van der Waals surface area contributed by atoms with Crippen LogP contribution < -0.4 is 4.90 Å². The van der Waals surface area contributed by atoms with Gasteiger partial charge in [0.25, 0.3) is 0 Å². The molecular formula is C14H22N2O4S. The topological polar surface area (TPSA) is 60.9 Å². The number of carbonyl (C=O) groups excluding carboxylic acids is 1. The van der Waals surface area contributed by atoms with Gasteiger partial charge < -0.3 is 19.1 Å². The maximum atomic E-state index is 11.6. The number of rotatable bonds is 7. The first kappa shape index (κ1) is 16.2. The second-order valence-corrected chi connectivity index (χ2v) is 5.62. The minimum absolute atomic E-state index is 0.292. The Hall–Kier alpha value is -1.18. The lowest BCUT2D eigenvalue weighted by molar-refractivity contribution is 0.00609. The lowest BCUT2D eigenvalue weighted by Crippen LogP contribution is -2.37. The van der Waals surface area contributed by atoms with Gasteiger partial charge in [-0.1, -0.05) is 0 Å². The fraction of sp³-hybridized carbons (Fsp3) is 0.714. The zero-order valence-corrected chi connectivity index (χ0v) is 13.4. The van der Waals surface area contributed by atoms with Crippen molar-refractivity contribution in [3.05, 3.63) is 11.1 Å². The van der Waals surface area contributed by atoms with Crippen LogP contribution in [0, 0.1) is 0 Å². The second-order valence-electron chi connectivity index (χ2n) is 4.79. The first-order valence-corrected chi connectivity index (χ1v) is 8.10. The number of anilines is 1. The molecule has 118 valence electrons. The number of ether oxygens (including phenoxy) is 3. The molecule has 1 saturated heterocycles. The normalized spacial score (nSPS) is 16.2. The summed E-state index contributed by atoms with van der Waals surface area (Å²) >= 11 is 1.49. The fourth-order valence-corrected chi connectivity index (χ4v) is 3.07. The number of aromatic nitrogens is 1. The standard InChI is InChI=1S/C14H22N2O4S/c1-3-19-13(17)12-10-21-14(15-12)16-6-4-11(5-7-16)20-9-8-18-2/h10-11H,3-9H2,1-2H3. The molecule has 0 amide bonds. The van der Waals surface area contributed by atoms with Crippen molar-refractivity contribution in [3.8, 4) is 0 Å². The van der Waals surface area contributed by atoms with Gasteiger partial charge in [0.05, 0.1) is 25.9 Å². The van der Waals surface area contributed by atoms with Crippen molar-refractivity contribution >= 4 is 22.4 Å². The summed E-state index contributed by atoms with van der Waals surface area (Å²) in [5, 5.41) is 2.64. The predicted octanol–water partition coefficient (Wildman–Crippen LogP) is 1.95. The van der Waals surface area contributed by atoms with Gasteiger partial charge in [0.1, 0.15) is 0 Å². The number of carbonyl (C=O) groups is 1. The van der Waals surface area contributed by atoms with Crippen molar-refractivity contribution in [1.82, 2.24) is 4.98 Å². The highest BCUT2D eigenvalue weighted by molar-refractivity contribution is 7.13. The number of hydrogen-bond acceptors (Lipinski definition) is 7. The van der Waals surface area contributed by atoms with Gasteiger partial charge in [0.15, 0.2) is 10.8 Å². The Morgan fingerprint density at radius 3 is 2.86 bits per heavy atom. The molecule has 0 radical (unpaired) electrons. The molecule has 1 aliphatic rings. The number of hydrogen-bond donors (Lipinski definition) is 0. The molecule has 0 aromatic carbocycles. The lowest BCUT2D eigenvalue weighted by Gasteiger charge is -2.31. The van der Waals surface area contributed by atoms with Crippen LogP contribution in [0.25, 0.3) is 0 Å². The van der Waals surface area contributed by atoms with Crippen molar-refractivity contribution in [2.24, 2.45) is 0 Å². The summed E-state index contributed by atoms with van der Waals surface area (Å²) in [5.74, 6) is -0.349. The Balaban J connectivity index is 1.81. The summed E-state index contributed by atoms with van der Waals surface area (Å²) in [6.45, 7) is 5.23. The number of esters is 1. The Bertz CT molecular complexity index is 444. The maximum absolute atomic E-state index is 11.6. The predicted molar refractivity (Wildman–Crippen MR) is 81.1 cm³/mol. The van der Waals surface area contributed by atoms with Gasteiger partial charge in [-0.25, -0.2) is 9.78 Å². The summed E-state index contributed by atoms with van der Waals surface area (Å²) in [4.78, 5) is 18.2. The first-order chi connectivity index (χ1) is 10.2. The highest BCUT2D eigenvalue weighted by Crippen LogP contribution is 2.25. The van der Waals surface area contributed by atoms with Gasteiger partial charge in [-0.2, -0.15) is 0 Å².